The molecule has 1 rings (SSSR count). The fourth-order valence-electron chi connectivity index (χ4n) is 1.56. The van der Waals surface area contributed by atoms with Crippen LogP contribution in [0.5, 0.6) is 0 Å². The molecule has 0 unspecified atom stereocenters. The number of hydrogen-bond donors (Lipinski definition) is 2. The van der Waals surface area contributed by atoms with E-state index in [1.807, 2.05) is 0 Å². The Morgan fingerprint density at radius 1 is 1.60 bits per heavy atom. The lowest BCUT2D eigenvalue weighted by molar-refractivity contribution is -0.110. The summed E-state index contributed by atoms with van der Waals surface area (Å²) in [5.41, 5.74) is 0. The van der Waals surface area contributed by atoms with Crippen molar-refractivity contribution < 1.29 is 9.90 Å². The number of nitrogens with one attached hydrogen (secondary N) is 1. The van der Waals surface area contributed by atoms with Crippen molar-refractivity contribution in [3.63, 3.8) is 0 Å². The molecule has 0 aromatic heterocycles. The van der Waals surface area contributed by atoms with Crippen LogP contribution in [0.1, 0.15) is 19.3 Å². The van der Waals surface area contributed by atoms with Gasteiger partial charge in [-0.15, -0.1) is 0 Å². The maximum Gasteiger partial charge on any atom is 0.207 e. The van der Waals surface area contributed by atoms with Crippen LogP contribution in [0, 0.1) is 5.92 Å². The zero-order valence-electron chi connectivity index (χ0n) is 5.92. The predicted octanol–water partition coefficient (Wildman–Crippen LogP) is -0.107. The SMILES string of the molecule is O=CN[C@H]1CCC[C@@H]1CO. The number of rotatable bonds is 3. The second-order valence-corrected chi connectivity index (χ2v) is 2.76. The molecule has 0 bridgehead atoms. The summed E-state index contributed by atoms with van der Waals surface area (Å²) in [7, 11) is 0. The fraction of sp³-hybridized carbons (Fsp3) is 0.857. The van der Waals surface area contributed by atoms with Crippen molar-refractivity contribution in [1.29, 1.82) is 0 Å². The van der Waals surface area contributed by atoms with Crippen LogP contribution in [0.4, 0.5) is 0 Å². The van der Waals surface area contributed by atoms with Gasteiger partial charge in [0.15, 0.2) is 0 Å². The van der Waals surface area contributed by atoms with Gasteiger partial charge < -0.3 is 10.4 Å². The Hall–Kier alpha value is -0.570. The molecule has 2 atom stereocenters. The van der Waals surface area contributed by atoms with E-state index in [-0.39, 0.29) is 12.6 Å². The number of aliphatic hydroxyl groups excluding tert-OH is 1. The standard InChI is InChI=1S/C7H13NO2/c9-4-6-2-1-3-7(6)8-5-10/h5-7,9H,1-4H2,(H,8,10)/t6-,7+/m1/s1. The molecule has 0 heterocycles. The van der Waals surface area contributed by atoms with E-state index in [1.165, 1.54) is 0 Å². The predicted molar refractivity (Wildman–Crippen MR) is 37.4 cm³/mol. The Kier molecular flexibility index (Phi) is 2.68. The molecule has 1 aliphatic rings. The first-order valence-corrected chi connectivity index (χ1v) is 3.69. The van der Waals surface area contributed by atoms with Gasteiger partial charge in [0, 0.05) is 18.6 Å². The summed E-state index contributed by atoms with van der Waals surface area (Å²) >= 11 is 0. The van der Waals surface area contributed by atoms with Crippen molar-refractivity contribution in [3.05, 3.63) is 0 Å². The minimum atomic E-state index is 0.200. The lowest BCUT2D eigenvalue weighted by Crippen LogP contribution is -2.32. The average molecular weight is 143 g/mol. The van der Waals surface area contributed by atoms with E-state index in [9.17, 15) is 4.79 Å². The summed E-state index contributed by atoms with van der Waals surface area (Å²) in [4.78, 5) is 10.0. The van der Waals surface area contributed by atoms with Gasteiger partial charge in [0.1, 0.15) is 0 Å². The molecule has 0 spiro atoms. The van der Waals surface area contributed by atoms with Crippen molar-refractivity contribution >= 4 is 6.41 Å². The fourth-order valence-corrected chi connectivity index (χ4v) is 1.56. The van der Waals surface area contributed by atoms with Gasteiger partial charge in [-0.25, -0.2) is 0 Å². The van der Waals surface area contributed by atoms with Crippen molar-refractivity contribution in [1.82, 2.24) is 5.32 Å². The summed E-state index contributed by atoms with van der Waals surface area (Å²) in [5.74, 6) is 0.296. The Labute approximate surface area is 60.4 Å². The lowest BCUT2D eigenvalue weighted by Gasteiger charge is -2.15. The van der Waals surface area contributed by atoms with E-state index >= 15 is 0 Å². The Morgan fingerprint density at radius 2 is 2.40 bits per heavy atom. The molecule has 0 aromatic rings. The molecule has 1 saturated carbocycles. The van der Waals surface area contributed by atoms with Gasteiger partial charge in [-0.05, 0) is 12.8 Å². The van der Waals surface area contributed by atoms with Crippen LogP contribution in [0.3, 0.4) is 0 Å². The molecule has 3 nitrogen and oxygen atoms in total. The van der Waals surface area contributed by atoms with Gasteiger partial charge in [0.2, 0.25) is 6.41 Å². The van der Waals surface area contributed by atoms with Crippen molar-refractivity contribution in [2.24, 2.45) is 5.92 Å². The number of aliphatic hydroxyl groups is 1. The van der Waals surface area contributed by atoms with Gasteiger partial charge in [-0.1, -0.05) is 6.42 Å². The minimum Gasteiger partial charge on any atom is -0.396 e. The molecular formula is C7H13NO2. The highest BCUT2D eigenvalue weighted by Crippen LogP contribution is 2.24. The summed E-state index contributed by atoms with van der Waals surface area (Å²) in [5, 5.41) is 11.5. The molecule has 0 aromatic carbocycles. The first-order chi connectivity index (χ1) is 4.88. The monoisotopic (exact) mass is 143 g/mol. The van der Waals surface area contributed by atoms with Crippen LogP contribution < -0.4 is 5.32 Å². The van der Waals surface area contributed by atoms with Gasteiger partial charge in [0.25, 0.3) is 0 Å². The van der Waals surface area contributed by atoms with Crippen molar-refractivity contribution in [3.8, 4) is 0 Å². The molecule has 0 radical (unpaired) electrons. The van der Waals surface area contributed by atoms with E-state index in [0.29, 0.717) is 5.92 Å². The highest BCUT2D eigenvalue weighted by Gasteiger charge is 2.25. The van der Waals surface area contributed by atoms with Gasteiger partial charge in [-0.3, -0.25) is 4.79 Å². The Balaban J connectivity index is 2.34. The number of carbonyl (C=O) groups is 1. The van der Waals surface area contributed by atoms with Crippen LogP contribution >= 0.6 is 0 Å². The largest absolute Gasteiger partial charge is 0.396 e. The quantitative estimate of drug-likeness (QED) is 0.542. The zero-order chi connectivity index (χ0) is 7.40. The number of carbonyl (C=O) groups excluding carboxylic acids is 1. The van der Waals surface area contributed by atoms with Crippen LogP contribution in [-0.4, -0.2) is 24.2 Å². The first-order valence-electron chi connectivity index (χ1n) is 3.69. The number of amides is 1. The highest BCUT2D eigenvalue weighted by molar-refractivity contribution is 5.46. The molecule has 0 aliphatic heterocycles. The second kappa shape index (κ2) is 3.56. The molecule has 58 valence electrons. The lowest BCUT2D eigenvalue weighted by atomic mass is 10.1. The molecule has 1 fully saturated rings. The van der Waals surface area contributed by atoms with Crippen LogP contribution in [0.15, 0.2) is 0 Å². The molecule has 1 aliphatic carbocycles. The maximum absolute atomic E-state index is 10.0. The summed E-state index contributed by atoms with van der Waals surface area (Å²) in [6.07, 6.45) is 3.90. The molecule has 10 heavy (non-hydrogen) atoms. The molecule has 0 saturated heterocycles. The van der Waals surface area contributed by atoms with E-state index in [2.05, 4.69) is 5.32 Å². The molecular weight excluding hydrogens is 130 g/mol. The van der Waals surface area contributed by atoms with Crippen molar-refractivity contribution in [2.75, 3.05) is 6.61 Å². The van der Waals surface area contributed by atoms with E-state index in [0.717, 1.165) is 25.7 Å². The zero-order valence-corrected chi connectivity index (χ0v) is 5.92. The average Bonchev–Trinajstić information content (AvgIpc) is 2.36. The second-order valence-electron chi connectivity index (χ2n) is 2.76. The molecule has 2 N–H and O–H groups in total. The number of hydrogen-bond acceptors (Lipinski definition) is 2. The summed E-state index contributed by atoms with van der Waals surface area (Å²) in [6.45, 7) is 0.200. The minimum absolute atomic E-state index is 0.200. The normalized spacial score (nSPS) is 32.1. The maximum atomic E-state index is 10.0. The van der Waals surface area contributed by atoms with E-state index in [4.69, 9.17) is 5.11 Å². The third-order valence-corrected chi connectivity index (χ3v) is 2.18. The molecule has 1 amide bonds. The van der Waals surface area contributed by atoms with E-state index in [1.54, 1.807) is 0 Å². The summed E-state index contributed by atoms with van der Waals surface area (Å²) < 4.78 is 0. The topological polar surface area (TPSA) is 49.3 Å². The Bertz CT molecular complexity index is 116. The van der Waals surface area contributed by atoms with Crippen LogP contribution in [0.25, 0.3) is 0 Å². The highest BCUT2D eigenvalue weighted by atomic mass is 16.3. The summed E-state index contributed by atoms with van der Waals surface area (Å²) in [6, 6.07) is 0.225. The van der Waals surface area contributed by atoms with Crippen molar-refractivity contribution in [2.45, 2.75) is 25.3 Å². The molecule has 3 heteroatoms. The van der Waals surface area contributed by atoms with Gasteiger partial charge in [0.05, 0.1) is 0 Å². The van der Waals surface area contributed by atoms with Gasteiger partial charge >= 0.3 is 0 Å². The third-order valence-electron chi connectivity index (χ3n) is 2.18. The smallest absolute Gasteiger partial charge is 0.207 e. The third kappa shape index (κ3) is 1.48. The van der Waals surface area contributed by atoms with Gasteiger partial charge in [-0.2, -0.15) is 0 Å². The van der Waals surface area contributed by atoms with Crippen LogP contribution in [0.2, 0.25) is 0 Å². The van der Waals surface area contributed by atoms with Crippen LogP contribution in [-0.2, 0) is 4.79 Å². The first kappa shape index (κ1) is 7.54. The van der Waals surface area contributed by atoms with E-state index < -0.39 is 0 Å². The Morgan fingerprint density at radius 3 is 3.00 bits per heavy atom.